The minimum Gasteiger partial charge on any atom is -0.496 e. The molecule has 10 nitrogen and oxygen atoms in total. The second kappa shape index (κ2) is 14.7. The van der Waals surface area contributed by atoms with E-state index in [1.807, 2.05) is 42.5 Å². The third-order valence-electron chi connectivity index (χ3n) is 9.09. The van der Waals surface area contributed by atoms with Crippen molar-refractivity contribution < 1.29 is 13.9 Å². The molecule has 2 unspecified atom stereocenters. The van der Waals surface area contributed by atoms with E-state index in [0.29, 0.717) is 30.4 Å². The Balaban J connectivity index is 1.10. The first kappa shape index (κ1) is 32.1. The predicted octanol–water partition coefficient (Wildman–Crippen LogP) is 6.69. The molecule has 1 N–H and O–H groups in total. The predicted molar refractivity (Wildman–Crippen MR) is 183 cm³/mol. The normalized spacial score (nSPS) is 17.2. The lowest BCUT2D eigenvalue weighted by molar-refractivity contribution is 0.0778. The van der Waals surface area contributed by atoms with E-state index in [-0.39, 0.29) is 23.7 Å². The topological polar surface area (TPSA) is 99.7 Å². The quantitative estimate of drug-likeness (QED) is 0.165. The summed E-state index contributed by atoms with van der Waals surface area (Å²) in [4.78, 5) is 22.9. The van der Waals surface area contributed by atoms with Crippen LogP contribution in [0.3, 0.4) is 0 Å². The number of halogens is 1. The molecule has 2 aliphatic rings. The van der Waals surface area contributed by atoms with Crippen LogP contribution in [0.15, 0.2) is 94.8 Å². The number of carbonyl (C=O) groups is 1. The molecular weight excluding hydrogens is 595 g/mol. The maximum Gasteiger partial charge on any atom is 0.257 e. The average molecular weight is 637 g/mol. The van der Waals surface area contributed by atoms with Crippen molar-refractivity contribution in [2.45, 2.75) is 43.8 Å². The maximum absolute atomic E-state index is 13.9. The van der Waals surface area contributed by atoms with E-state index in [9.17, 15) is 9.18 Å². The van der Waals surface area contributed by atoms with Crippen LogP contribution in [0.1, 0.15) is 52.7 Å². The molecular formula is C36H41FN8O2. The van der Waals surface area contributed by atoms with Gasteiger partial charge in [-0.1, -0.05) is 36.4 Å². The van der Waals surface area contributed by atoms with Gasteiger partial charge in [0.15, 0.2) is 0 Å². The van der Waals surface area contributed by atoms with Crippen LogP contribution in [0.4, 0.5) is 10.3 Å². The van der Waals surface area contributed by atoms with Gasteiger partial charge in [0, 0.05) is 45.2 Å². The van der Waals surface area contributed by atoms with E-state index in [2.05, 4.69) is 42.9 Å². The molecule has 0 radical (unpaired) electrons. The fraction of sp³-hybridized carbons (Fsp3) is 0.361. The zero-order valence-electron chi connectivity index (χ0n) is 26.9. The van der Waals surface area contributed by atoms with Gasteiger partial charge in [-0.2, -0.15) is 5.11 Å². The lowest BCUT2D eigenvalue weighted by Gasteiger charge is -2.34. The summed E-state index contributed by atoms with van der Waals surface area (Å²) in [6.07, 6.45) is 6.36. The number of imidazole rings is 1. The number of hydrogen-bond donors (Lipinski definition) is 1. The molecule has 2 atom stereocenters. The molecule has 0 spiro atoms. The van der Waals surface area contributed by atoms with Crippen molar-refractivity contribution in [3.63, 3.8) is 0 Å². The molecule has 1 amide bonds. The van der Waals surface area contributed by atoms with Crippen LogP contribution >= 0.6 is 0 Å². The third-order valence-corrected chi connectivity index (χ3v) is 9.09. The number of fused-ring (bicyclic) bond motifs is 1. The number of allylic oxidation sites excluding steroid dienone is 1. The smallest absolute Gasteiger partial charge is 0.257 e. The summed E-state index contributed by atoms with van der Waals surface area (Å²) in [5, 5.41) is 15.3. The molecule has 4 aromatic rings. The number of hydrogen-bond acceptors (Lipinski definition) is 8. The fourth-order valence-corrected chi connectivity index (χ4v) is 6.48. The van der Waals surface area contributed by atoms with Gasteiger partial charge in [0.1, 0.15) is 17.6 Å². The Labute approximate surface area is 274 Å². The Hall–Kier alpha value is -4.90. The van der Waals surface area contributed by atoms with Crippen LogP contribution in [0, 0.1) is 5.82 Å². The van der Waals surface area contributed by atoms with Gasteiger partial charge >= 0.3 is 0 Å². The van der Waals surface area contributed by atoms with Crippen LogP contribution in [0.5, 0.6) is 5.75 Å². The Morgan fingerprint density at radius 3 is 2.66 bits per heavy atom. The van der Waals surface area contributed by atoms with E-state index < -0.39 is 0 Å². The standard InChI is InChI=1S/C36H41FN8O2/c1-4-18-45-33-8-6-5-7-31(33)40-36(45)39-29-16-20-44(21-17-29)19-15-27(25-9-12-28(37)13-10-25)24-43(2)35(46)30-22-26(11-14-34(30)47-3)32-23-38-42-41-32/h4-14,22-23,27,29,32H,1,15-21,24H2,2-3H3,(H,39,40). The first-order chi connectivity index (χ1) is 22.9. The zero-order valence-corrected chi connectivity index (χ0v) is 26.9. The number of para-hydroxylation sites is 2. The number of nitrogens with one attached hydrogen (secondary N) is 1. The zero-order chi connectivity index (χ0) is 32.8. The summed E-state index contributed by atoms with van der Waals surface area (Å²) in [5.74, 6) is 0.965. The van der Waals surface area contributed by atoms with Crippen LogP contribution in [0.25, 0.3) is 11.0 Å². The second-order valence-corrected chi connectivity index (χ2v) is 12.2. The summed E-state index contributed by atoms with van der Waals surface area (Å²) >= 11 is 0. The fourth-order valence-electron chi connectivity index (χ4n) is 6.48. The number of ether oxygens (including phenoxy) is 1. The highest BCUT2D eigenvalue weighted by Crippen LogP contribution is 2.29. The Kier molecular flexibility index (Phi) is 10.0. The molecule has 1 saturated heterocycles. The van der Waals surface area contributed by atoms with Crippen LogP contribution < -0.4 is 10.1 Å². The van der Waals surface area contributed by atoms with Gasteiger partial charge in [0.25, 0.3) is 5.91 Å². The summed E-state index contributed by atoms with van der Waals surface area (Å²) in [6.45, 7) is 7.88. The lowest BCUT2D eigenvalue weighted by Crippen LogP contribution is -2.40. The van der Waals surface area contributed by atoms with Crippen molar-refractivity contribution in [1.29, 1.82) is 0 Å². The van der Waals surface area contributed by atoms with Gasteiger partial charge in [0.05, 0.1) is 29.9 Å². The summed E-state index contributed by atoms with van der Waals surface area (Å²) in [5.41, 5.74) is 4.36. The minimum absolute atomic E-state index is 0.0177. The Morgan fingerprint density at radius 2 is 1.94 bits per heavy atom. The molecule has 11 heteroatoms. The number of benzene rings is 3. The number of methoxy groups -OCH3 is 1. The highest BCUT2D eigenvalue weighted by molar-refractivity contribution is 5.97. The molecule has 3 aromatic carbocycles. The van der Waals surface area contributed by atoms with Gasteiger partial charge in [-0.05, 0) is 78.6 Å². The number of rotatable bonds is 13. The maximum atomic E-state index is 13.9. The van der Waals surface area contributed by atoms with Crippen LogP contribution in [-0.4, -0.2) is 77.9 Å². The van der Waals surface area contributed by atoms with Crippen LogP contribution in [0.2, 0.25) is 0 Å². The molecule has 1 fully saturated rings. The van der Waals surface area contributed by atoms with Crippen molar-refractivity contribution in [2.75, 3.05) is 45.7 Å². The molecule has 47 heavy (non-hydrogen) atoms. The van der Waals surface area contributed by atoms with E-state index in [1.165, 1.54) is 12.1 Å². The van der Waals surface area contributed by atoms with E-state index in [1.54, 1.807) is 37.4 Å². The molecule has 0 saturated carbocycles. The highest BCUT2D eigenvalue weighted by Gasteiger charge is 2.26. The molecule has 0 aliphatic carbocycles. The van der Waals surface area contributed by atoms with Crippen molar-refractivity contribution in [3.8, 4) is 5.75 Å². The molecule has 2 aliphatic heterocycles. The van der Waals surface area contributed by atoms with Gasteiger partial charge in [-0.3, -0.25) is 4.79 Å². The molecule has 3 heterocycles. The average Bonchev–Trinajstić information content (AvgIpc) is 3.76. The molecule has 6 rings (SSSR count). The number of anilines is 1. The Bertz CT molecular complexity index is 1750. The lowest BCUT2D eigenvalue weighted by atomic mass is 9.93. The number of carbonyl (C=O) groups excluding carboxylic acids is 1. The van der Waals surface area contributed by atoms with E-state index in [4.69, 9.17) is 9.72 Å². The number of aromatic nitrogens is 2. The second-order valence-electron chi connectivity index (χ2n) is 12.2. The number of likely N-dealkylation sites (N-methyl/N-ethyl adjacent to an activating group) is 1. The third kappa shape index (κ3) is 7.41. The summed E-state index contributed by atoms with van der Waals surface area (Å²) < 4.78 is 21.6. The van der Waals surface area contributed by atoms with Gasteiger partial charge < -0.3 is 24.4 Å². The number of likely N-dealkylation sites (tertiary alicyclic amines) is 1. The summed E-state index contributed by atoms with van der Waals surface area (Å²) in [7, 11) is 3.36. The van der Waals surface area contributed by atoms with Crippen molar-refractivity contribution >= 4 is 29.1 Å². The van der Waals surface area contributed by atoms with Crippen LogP contribution in [-0.2, 0) is 6.54 Å². The van der Waals surface area contributed by atoms with Gasteiger partial charge in [-0.25, -0.2) is 9.37 Å². The van der Waals surface area contributed by atoms with Crippen molar-refractivity contribution in [3.05, 3.63) is 102 Å². The summed E-state index contributed by atoms with van der Waals surface area (Å²) in [6, 6.07) is 20.3. The highest BCUT2D eigenvalue weighted by atomic mass is 19.1. The monoisotopic (exact) mass is 636 g/mol. The van der Waals surface area contributed by atoms with E-state index >= 15 is 0 Å². The minimum atomic E-state index is -0.322. The SMILES string of the molecule is C=CCn1c(NC2CCN(CCC(CN(C)C(=O)c3cc(C4C=NN=N4)ccc3OC)c3ccc(F)cc3)CC2)nc2ccccc21. The Morgan fingerprint density at radius 1 is 1.15 bits per heavy atom. The first-order valence-electron chi connectivity index (χ1n) is 16.1. The van der Waals surface area contributed by atoms with E-state index in [0.717, 1.165) is 67.0 Å². The van der Waals surface area contributed by atoms with Gasteiger partial charge in [-0.15, -0.1) is 11.7 Å². The first-order valence-corrected chi connectivity index (χ1v) is 16.1. The number of amides is 1. The van der Waals surface area contributed by atoms with Crippen molar-refractivity contribution in [2.24, 2.45) is 15.4 Å². The molecule has 0 bridgehead atoms. The van der Waals surface area contributed by atoms with Gasteiger partial charge in [0.2, 0.25) is 5.95 Å². The largest absolute Gasteiger partial charge is 0.496 e. The molecule has 244 valence electrons. The number of nitrogens with zero attached hydrogens (tertiary/aromatic N) is 7. The molecule has 1 aromatic heterocycles. The number of piperidine rings is 1. The van der Waals surface area contributed by atoms with Crippen molar-refractivity contribution in [1.82, 2.24) is 19.4 Å².